The Morgan fingerprint density at radius 1 is 1.10 bits per heavy atom. The smallest absolute Gasteiger partial charge is 0.442 e. The first kappa shape index (κ1) is 29.2. The number of hydrogen-bond donors (Lipinski definition) is 2. The Balaban J connectivity index is 1.52. The third-order valence-corrected chi connectivity index (χ3v) is 6.78. The van der Waals surface area contributed by atoms with Gasteiger partial charge in [-0.05, 0) is 49.4 Å². The third-order valence-electron chi connectivity index (χ3n) is 6.54. The molecule has 1 amide bonds. The Labute approximate surface area is 230 Å². The molecule has 214 valence electrons. The molecular weight excluding hydrogens is 561 g/mol. The van der Waals surface area contributed by atoms with Crippen LogP contribution in [0.3, 0.4) is 0 Å². The van der Waals surface area contributed by atoms with Gasteiger partial charge in [-0.2, -0.15) is 18.2 Å². The van der Waals surface area contributed by atoms with E-state index in [1.54, 1.807) is 43.3 Å². The highest BCUT2D eigenvalue weighted by atomic mass is 35.5. The van der Waals surface area contributed by atoms with Gasteiger partial charge >= 0.3 is 12.1 Å². The lowest BCUT2D eigenvalue weighted by Crippen LogP contribution is -2.54. The van der Waals surface area contributed by atoms with Crippen molar-refractivity contribution in [3.63, 3.8) is 0 Å². The van der Waals surface area contributed by atoms with Crippen molar-refractivity contribution in [2.75, 3.05) is 24.3 Å². The predicted octanol–water partition coefficient (Wildman–Crippen LogP) is 5.14. The lowest BCUT2D eigenvalue weighted by atomic mass is 9.81. The molecule has 40 heavy (non-hydrogen) atoms. The fraction of sp³-hybridized carbons (Fsp3) is 0.385. The van der Waals surface area contributed by atoms with Gasteiger partial charge in [0.25, 0.3) is 5.91 Å². The van der Waals surface area contributed by atoms with Crippen LogP contribution in [0.1, 0.15) is 31.2 Å². The van der Waals surface area contributed by atoms with Crippen molar-refractivity contribution in [3.8, 4) is 0 Å². The van der Waals surface area contributed by atoms with E-state index in [0.717, 1.165) is 12.1 Å². The van der Waals surface area contributed by atoms with Crippen LogP contribution >= 0.6 is 11.6 Å². The predicted molar refractivity (Wildman–Crippen MR) is 138 cm³/mol. The average molecular weight is 586 g/mol. The zero-order valence-corrected chi connectivity index (χ0v) is 22.2. The number of halogens is 6. The van der Waals surface area contributed by atoms with E-state index in [-0.39, 0.29) is 49.1 Å². The molecule has 1 aliphatic carbocycles. The van der Waals surface area contributed by atoms with Crippen LogP contribution in [0.15, 0.2) is 36.4 Å². The van der Waals surface area contributed by atoms with E-state index in [1.807, 2.05) is 0 Å². The summed E-state index contributed by atoms with van der Waals surface area (Å²) in [7, 11) is 3.33. The topological polar surface area (TPSA) is 96.5 Å². The molecule has 4 rings (SSSR count). The molecule has 0 atom stereocenters. The highest BCUT2D eigenvalue weighted by Gasteiger charge is 2.51. The summed E-state index contributed by atoms with van der Waals surface area (Å²) in [6.45, 7) is -0.0399. The van der Waals surface area contributed by atoms with E-state index in [4.69, 9.17) is 16.3 Å². The number of carbonyl (C=O) groups excluding carboxylic acids is 2. The van der Waals surface area contributed by atoms with Crippen molar-refractivity contribution in [1.29, 1.82) is 0 Å². The molecule has 1 aliphatic rings. The minimum absolute atomic E-state index is 0.0399. The van der Waals surface area contributed by atoms with Crippen LogP contribution in [0, 0.1) is 11.6 Å². The number of anilines is 2. The molecule has 2 N–H and O–H groups in total. The van der Waals surface area contributed by atoms with Gasteiger partial charge in [-0.1, -0.05) is 23.7 Å². The van der Waals surface area contributed by atoms with Crippen LogP contribution < -0.4 is 15.5 Å². The maximum absolute atomic E-state index is 13.9. The fourth-order valence-corrected chi connectivity index (χ4v) is 4.74. The van der Waals surface area contributed by atoms with Crippen LogP contribution in [0.4, 0.5) is 33.7 Å². The maximum atomic E-state index is 13.9. The van der Waals surface area contributed by atoms with Crippen molar-refractivity contribution in [2.45, 2.75) is 50.0 Å². The van der Waals surface area contributed by atoms with Gasteiger partial charge in [0.15, 0.2) is 17.2 Å². The van der Waals surface area contributed by atoms with Crippen LogP contribution in [0.2, 0.25) is 5.02 Å². The zero-order chi connectivity index (χ0) is 29.2. The number of carbonyl (C=O) groups is 2. The van der Waals surface area contributed by atoms with Crippen molar-refractivity contribution in [3.05, 3.63) is 58.6 Å². The van der Waals surface area contributed by atoms with E-state index < -0.39 is 41.3 Å². The molecule has 0 aliphatic heterocycles. The lowest BCUT2D eigenvalue weighted by Gasteiger charge is -2.38. The monoisotopic (exact) mass is 585 g/mol. The molecule has 0 spiro atoms. The number of aromatic nitrogens is 2. The van der Waals surface area contributed by atoms with Gasteiger partial charge in [-0.15, -0.1) is 0 Å². The molecule has 1 fully saturated rings. The van der Waals surface area contributed by atoms with Gasteiger partial charge in [0.05, 0.1) is 5.52 Å². The summed E-state index contributed by atoms with van der Waals surface area (Å²) in [4.78, 5) is 35.1. The van der Waals surface area contributed by atoms with Gasteiger partial charge in [0.1, 0.15) is 5.82 Å². The Hall–Kier alpha value is -3.74. The largest absolute Gasteiger partial charge is 0.490 e. The summed E-state index contributed by atoms with van der Waals surface area (Å²) in [6, 6.07) is 8.06. The number of esters is 1. The normalized spacial score (nSPS) is 19.2. The lowest BCUT2D eigenvalue weighted by molar-refractivity contribution is -0.217. The van der Waals surface area contributed by atoms with Gasteiger partial charge in [0, 0.05) is 43.2 Å². The van der Waals surface area contributed by atoms with Crippen molar-refractivity contribution in [1.82, 2.24) is 15.3 Å². The standard InChI is InChI=1S/C26H25ClF5N5O3/c1-37(2)21-17-11-18(28)19(29)12-20(17)35-24(36-21)34-16-6-8-25(9-7-16,40-23(39)26(30,31)32)22(38)33-13-14-4-3-5-15(27)10-14/h3-5,10-12,16H,6-9,13H2,1-2H3,(H,33,38)(H,34,35,36). The molecule has 8 nitrogen and oxygen atoms in total. The second-order valence-corrected chi connectivity index (χ2v) is 10.1. The Bertz CT molecular complexity index is 1430. The second kappa shape index (κ2) is 11.4. The molecule has 1 aromatic heterocycles. The fourth-order valence-electron chi connectivity index (χ4n) is 4.53. The molecule has 0 unspecified atom stereocenters. The molecule has 2 aromatic carbocycles. The minimum Gasteiger partial charge on any atom is -0.442 e. The highest BCUT2D eigenvalue weighted by molar-refractivity contribution is 6.30. The highest BCUT2D eigenvalue weighted by Crippen LogP contribution is 2.36. The number of benzene rings is 2. The van der Waals surface area contributed by atoms with Crippen LogP contribution in [-0.2, 0) is 20.9 Å². The van der Waals surface area contributed by atoms with E-state index in [9.17, 15) is 31.5 Å². The molecule has 1 saturated carbocycles. The number of fused-ring (bicyclic) bond motifs is 1. The number of rotatable bonds is 7. The molecule has 0 bridgehead atoms. The number of alkyl halides is 3. The van der Waals surface area contributed by atoms with Crippen LogP contribution in [-0.4, -0.2) is 53.8 Å². The van der Waals surface area contributed by atoms with E-state index in [1.165, 1.54) is 0 Å². The van der Waals surface area contributed by atoms with Crippen molar-refractivity contribution in [2.24, 2.45) is 0 Å². The van der Waals surface area contributed by atoms with Crippen LogP contribution in [0.5, 0.6) is 0 Å². The summed E-state index contributed by atoms with van der Waals surface area (Å²) in [6.07, 6.45) is -5.49. The summed E-state index contributed by atoms with van der Waals surface area (Å²) < 4.78 is 71.7. The first-order chi connectivity index (χ1) is 18.8. The first-order valence-corrected chi connectivity index (χ1v) is 12.6. The van der Waals surface area contributed by atoms with E-state index in [0.29, 0.717) is 16.4 Å². The van der Waals surface area contributed by atoms with Crippen molar-refractivity contribution < 1.29 is 36.3 Å². The van der Waals surface area contributed by atoms with E-state index in [2.05, 4.69) is 20.6 Å². The van der Waals surface area contributed by atoms with Gasteiger partial charge in [-0.25, -0.2) is 18.6 Å². The Kier molecular flexibility index (Phi) is 8.33. The summed E-state index contributed by atoms with van der Waals surface area (Å²) in [5.41, 5.74) is -1.30. The first-order valence-electron chi connectivity index (χ1n) is 12.2. The molecular formula is C26H25ClF5N5O3. The molecule has 0 saturated heterocycles. The SMILES string of the molecule is CN(C)c1nc(NC2CCC(OC(=O)C(F)(F)F)(C(=O)NCc3cccc(Cl)c3)CC2)nc2cc(F)c(F)cc12. The summed E-state index contributed by atoms with van der Waals surface area (Å²) >= 11 is 5.95. The molecule has 14 heteroatoms. The van der Waals surface area contributed by atoms with Gasteiger partial charge in [0.2, 0.25) is 5.95 Å². The molecule has 3 aromatic rings. The minimum atomic E-state index is -5.29. The number of amides is 1. The Morgan fingerprint density at radius 2 is 1.77 bits per heavy atom. The number of nitrogens with one attached hydrogen (secondary N) is 2. The van der Waals surface area contributed by atoms with Gasteiger partial charge in [-0.3, -0.25) is 4.79 Å². The zero-order valence-electron chi connectivity index (χ0n) is 21.4. The quantitative estimate of drug-likeness (QED) is 0.293. The maximum Gasteiger partial charge on any atom is 0.490 e. The van der Waals surface area contributed by atoms with Crippen molar-refractivity contribution >= 4 is 46.1 Å². The Morgan fingerprint density at radius 3 is 2.40 bits per heavy atom. The number of ether oxygens (including phenoxy) is 1. The van der Waals surface area contributed by atoms with Gasteiger partial charge < -0.3 is 20.3 Å². The van der Waals surface area contributed by atoms with E-state index >= 15 is 0 Å². The number of nitrogens with zero attached hydrogens (tertiary/aromatic N) is 3. The number of hydrogen-bond acceptors (Lipinski definition) is 7. The summed E-state index contributed by atoms with van der Waals surface area (Å²) in [5.74, 6) is -5.06. The third kappa shape index (κ3) is 6.52. The molecule has 1 heterocycles. The van der Waals surface area contributed by atoms with Crippen LogP contribution in [0.25, 0.3) is 10.9 Å². The molecule has 0 radical (unpaired) electrons. The summed E-state index contributed by atoms with van der Waals surface area (Å²) in [5, 5.41) is 6.30. The average Bonchev–Trinajstić information content (AvgIpc) is 2.88. The second-order valence-electron chi connectivity index (χ2n) is 9.66.